The Hall–Kier alpha value is -3.16. The minimum absolute atomic E-state index is 0.312. The molecule has 3 rings (SSSR count). The maximum absolute atomic E-state index is 12.3. The molecule has 0 saturated carbocycles. The number of fused-ring (bicyclic) bond motifs is 1. The predicted octanol–water partition coefficient (Wildman–Crippen LogP) is 2.32. The van der Waals surface area contributed by atoms with Crippen LogP contribution >= 0.6 is 0 Å². The van der Waals surface area contributed by atoms with Crippen LogP contribution in [0.25, 0.3) is 0 Å². The van der Waals surface area contributed by atoms with Crippen molar-refractivity contribution in [1.82, 2.24) is 0 Å². The van der Waals surface area contributed by atoms with Gasteiger partial charge in [0.15, 0.2) is 6.61 Å². The molecule has 0 radical (unpaired) electrons. The van der Waals surface area contributed by atoms with Crippen molar-refractivity contribution in [2.45, 2.75) is 12.8 Å². The van der Waals surface area contributed by atoms with Crippen LogP contribution in [0.1, 0.15) is 22.5 Å². The Kier molecular flexibility index (Phi) is 4.28. The summed E-state index contributed by atoms with van der Waals surface area (Å²) in [5.74, 6) is -2.13. The van der Waals surface area contributed by atoms with Crippen molar-refractivity contribution in [1.29, 1.82) is 0 Å². The third-order valence-electron chi connectivity index (χ3n) is 3.71. The SMILES string of the molecule is O=C(OCC(=O)N1CCCc2ccccc21)c1ccc([N+](=O)[O-])o1. The van der Waals surface area contributed by atoms with E-state index >= 15 is 0 Å². The molecule has 0 N–H and O–H groups in total. The second kappa shape index (κ2) is 6.53. The molecule has 0 fully saturated rings. The number of nitrogens with zero attached hydrogens (tertiary/aromatic N) is 2. The summed E-state index contributed by atoms with van der Waals surface area (Å²) < 4.78 is 9.65. The minimum atomic E-state index is -0.915. The maximum atomic E-state index is 12.3. The number of hydrogen-bond acceptors (Lipinski definition) is 6. The standard InChI is InChI=1S/C16H14N2O6/c19-14(17-9-3-5-11-4-1-2-6-12(11)17)10-23-16(20)13-7-8-15(24-13)18(21)22/h1-2,4,6-8H,3,5,9-10H2. The van der Waals surface area contributed by atoms with Crippen molar-refractivity contribution in [2.24, 2.45) is 0 Å². The molecule has 1 aromatic carbocycles. The molecule has 1 amide bonds. The fourth-order valence-corrected chi connectivity index (χ4v) is 2.60. The number of benzene rings is 1. The largest absolute Gasteiger partial charge is 0.450 e. The van der Waals surface area contributed by atoms with E-state index in [2.05, 4.69) is 0 Å². The summed E-state index contributed by atoms with van der Waals surface area (Å²) in [7, 11) is 0. The number of hydrogen-bond donors (Lipinski definition) is 0. The van der Waals surface area contributed by atoms with Crippen LogP contribution in [0, 0.1) is 10.1 Å². The molecular formula is C16H14N2O6. The summed E-state index contributed by atoms with van der Waals surface area (Å²) in [6.45, 7) is 0.0985. The van der Waals surface area contributed by atoms with Crippen LogP contribution < -0.4 is 4.90 Å². The maximum Gasteiger partial charge on any atom is 0.433 e. The normalized spacial score (nSPS) is 13.2. The predicted molar refractivity (Wildman–Crippen MR) is 82.8 cm³/mol. The molecule has 0 spiro atoms. The zero-order valence-corrected chi connectivity index (χ0v) is 12.6. The highest BCUT2D eigenvalue weighted by Crippen LogP contribution is 2.26. The lowest BCUT2D eigenvalue weighted by Gasteiger charge is -2.29. The first-order valence-corrected chi connectivity index (χ1v) is 7.36. The van der Waals surface area contributed by atoms with Gasteiger partial charge in [0.05, 0.1) is 6.07 Å². The molecule has 8 heteroatoms. The van der Waals surface area contributed by atoms with Crippen molar-refractivity contribution in [2.75, 3.05) is 18.1 Å². The zero-order chi connectivity index (χ0) is 17.1. The molecule has 1 aliphatic rings. The summed E-state index contributed by atoms with van der Waals surface area (Å²) in [4.78, 5) is 35.5. The monoisotopic (exact) mass is 330 g/mol. The highest BCUT2D eigenvalue weighted by molar-refractivity contribution is 5.97. The van der Waals surface area contributed by atoms with E-state index in [1.807, 2.05) is 24.3 Å². The Balaban J connectivity index is 1.63. The van der Waals surface area contributed by atoms with Gasteiger partial charge in [0.2, 0.25) is 5.76 Å². The number of nitro groups is 1. The van der Waals surface area contributed by atoms with Gasteiger partial charge in [-0.1, -0.05) is 18.2 Å². The number of carbonyl (C=O) groups excluding carboxylic acids is 2. The zero-order valence-electron chi connectivity index (χ0n) is 12.6. The van der Waals surface area contributed by atoms with Crippen LogP contribution in [0.4, 0.5) is 11.6 Å². The quantitative estimate of drug-likeness (QED) is 0.484. The van der Waals surface area contributed by atoms with Crippen LogP contribution in [0.15, 0.2) is 40.8 Å². The summed E-state index contributed by atoms with van der Waals surface area (Å²) in [5.41, 5.74) is 1.89. The van der Waals surface area contributed by atoms with E-state index in [1.165, 1.54) is 0 Å². The van der Waals surface area contributed by atoms with Gasteiger partial charge in [-0.05, 0) is 30.5 Å². The number of esters is 1. The first-order valence-electron chi connectivity index (χ1n) is 7.36. The van der Waals surface area contributed by atoms with Gasteiger partial charge in [0.1, 0.15) is 4.92 Å². The van der Waals surface area contributed by atoms with Gasteiger partial charge in [-0.15, -0.1) is 0 Å². The molecule has 24 heavy (non-hydrogen) atoms. The van der Waals surface area contributed by atoms with E-state index in [9.17, 15) is 19.7 Å². The molecule has 1 aromatic heterocycles. The lowest BCUT2D eigenvalue weighted by atomic mass is 10.0. The van der Waals surface area contributed by atoms with Gasteiger partial charge in [-0.25, -0.2) is 4.79 Å². The molecule has 2 heterocycles. The molecular weight excluding hydrogens is 316 g/mol. The number of anilines is 1. The highest BCUT2D eigenvalue weighted by atomic mass is 16.7. The second-order valence-corrected chi connectivity index (χ2v) is 5.25. The van der Waals surface area contributed by atoms with Crippen molar-refractivity contribution in [3.63, 3.8) is 0 Å². The van der Waals surface area contributed by atoms with E-state index < -0.39 is 23.4 Å². The number of carbonyl (C=O) groups is 2. The fraction of sp³-hybridized carbons (Fsp3) is 0.250. The minimum Gasteiger partial charge on any atom is -0.450 e. The molecule has 0 bridgehead atoms. The Bertz CT molecular complexity index is 797. The van der Waals surface area contributed by atoms with Gasteiger partial charge in [-0.3, -0.25) is 14.9 Å². The molecule has 8 nitrogen and oxygen atoms in total. The smallest absolute Gasteiger partial charge is 0.433 e. The second-order valence-electron chi connectivity index (χ2n) is 5.25. The van der Waals surface area contributed by atoms with Gasteiger partial charge in [0.25, 0.3) is 5.91 Å². The molecule has 0 unspecified atom stereocenters. The van der Waals surface area contributed by atoms with E-state index in [0.717, 1.165) is 36.2 Å². The lowest BCUT2D eigenvalue weighted by Crippen LogP contribution is -2.38. The third kappa shape index (κ3) is 3.12. The van der Waals surface area contributed by atoms with E-state index in [0.29, 0.717) is 6.54 Å². The van der Waals surface area contributed by atoms with Crippen LogP contribution in [0.3, 0.4) is 0 Å². The summed E-state index contributed by atoms with van der Waals surface area (Å²) in [6.07, 6.45) is 1.73. The topological polar surface area (TPSA) is 103 Å². The van der Waals surface area contributed by atoms with Gasteiger partial charge >= 0.3 is 11.9 Å². The van der Waals surface area contributed by atoms with Crippen LogP contribution in [-0.4, -0.2) is 30.0 Å². The lowest BCUT2D eigenvalue weighted by molar-refractivity contribution is -0.402. The average molecular weight is 330 g/mol. The Morgan fingerprint density at radius 2 is 2.04 bits per heavy atom. The van der Waals surface area contributed by atoms with Gasteiger partial charge < -0.3 is 14.1 Å². The average Bonchev–Trinajstić information content (AvgIpc) is 3.09. The third-order valence-corrected chi connectivity index (χ3v) is 3.71. The Morgan fingerprint density at radius 1 is 1.25 bits per heavy atom. The van der Waals surface area contributed by atoms with Crippen LogP contribution in [0.2, 0.25) is 0 Å². The molecule has 0 saturated heterocycles. The number of para-hydroxylation sites is 1. The number of aryl methyl sites for hydroxylation is 1. The van der Waals surface area contributed by atoms with Crippen molar-refractivity contribution in [3.8, 4) is 0 Å². The van der Waals surface area contributed by atoms with Crippen molar-refractivity contribution in [3.05, 3.63) is 57.8 Å². The van der Waals surface area contributed by atoms with Gasteiger partial charge in [-0.2, -0.15) is 0 Å². The summed E-state index contributed by atoms with van der Waals surface area (Å²) in [5, 5.41) is 10.5. The van der Waals surface area contributed by atoms with Crippen molar-refractivity contribution < 1.29 is 23.7 Å². The number of furan rings is 1. The van der Waals surface area contributed by atoms with Crippen LogP contribution in [0.5, 0.6) is 0 Å². The summed E-state index contributed by atoms with van der Waals surface area (Å²) in [6, 6.07) is 9.77. The highest BCUT2D eigenvalue weighted by Gasteiger charge is 2.24. The molecule has 1 aliphatic heterocycles. The molecule has 124 valence electrons. The first kappa shape index (κ1) is 15.7. The van der Waals surface area contributed by atoms with E-state index in [-0.39, 0.29) is 11.7 Å². The van der Waals surface area contributed by atoms with E-state index in [1.54, 1.807) is 4.90 Å². The fourth-order valence-electron chi connectivity index (χ4n) is 2.60. The molecule has 0 atom stereocenters. The Labute approximate surface area is 136 Å². The summed E-state index contributed by atoms with van der Waals surface area (Å²) >= 11 is 0. The first-order chi connectivity index (χ1) is 11.6. The molecule has 2 aromatic rings. The Morgan fingerprint density at radius 3 is 2.79 bits per heavy atom. The van der Waals surface area contributed by atoms with Crippen molar-refractivity contribution >= 4 is 23.4 Å². The van der Waals surface area contributed by atoms with E-state index in [4.69, 9.17) is 9.15 Å². The molecule has 0 aliphatic carbocycles. The number of ether oxygens (including phenoxy) is 1. The van der Waals surface area contributed by atoms with Gasteiger partial charge in [0, 0.05) is 12.2 Å². The number of rotatable bonds is 4. The number of amides is 1. The van der Waals surface area contributed by atoms with Crippen LogP contribution in [-0.2, 0) is 16.0 Å².